The predicted octanol–water partition coefficient (Wildman–Crippen LogP) is 1.62. The molecule has 1 aromatic carbocycles. The second-order valence-electron chi connectivity index (χ2n) is 2.73. The predicted molar refractivity (Wildman–Crippen MR) is 52.8 cm³/mol. The molecule has 3 nitrogen and oxygen atoms in total. The summed E-state index contributed by atoms with van der Waals surface area (Å²) >= 11 is 4.26. The van der Waals surface area contributed by atoms with Crippen LogP contribution in [0.3, 0.4) is 0 Å². The van der Waals surface area contributed by atoms with Gasteiger partial charge in [-0.3, -0.25) is 0 Å². The maximum absolute atomic E-state index is 4.26. The van der Waals surface area contributed by atoms with E-state index in [1.165, 1.54) is 0 Å². The summed E-state index contributed by atoms with van der Waals surface area (Å²) in [6.45, 7) is 0.696. The Bertz CT molecular complexity index is 384. The third-order valence-electron chi connectivity index (χ3n) is 1.70. The molecule has 0 fully saturated rings. The van der Waals surface area contributed by atoms with E-state index in [9.17, 15) is 0 Å². The molecule has 13 heavy (non-hydrogen) atoms. The first-order valence-corrected chi connectivity index (χ1v) is 4.41. The minimum absolute atomic E-state index is 0.696. The number of hydrogen-bond acceptors (Lipinski definition) is 3. The van der Waals surface area contributed by atoms with E-state index in [2.05, 4.69) is 22.8 Å². The molecule has 66 valence electrons. The summed E-state index contributed by atoms with van der Waals surface area (Å²) in [5.41, 5.74) is 1.16. The van der Waals surface area contributed by atoms with Crippen LogP contribution in [-0.2, 0) is 6.54 Å². The lowest BCUT2D eigenvalue weighted by Gasteiger charge is -2.00. The summed E-state index contributed by atoms with van der Waals surface area (Å²) in [5.74, 6) is 0. The summed E-state index contributed by atoms with van der Waals surface area (Å²) in [6, 6.07) is 7.96. The molecule has 2 aromatic rings. The summed E-state index contributed by atoms with van der Waals surface area (Å²) in [5, 5.41) is 8.04. The van der Waals surface area contributed by atoms with Crippen molar-refractivity contribution in [2.24, 2.45) is 0 Å². The quantitative estimate of drug-likeness (QED) is 0.731. The van der Waals surface area contributed by atoms with Crippen molar-refractivity contribution in [1.29, 1.82) is 0 Å². The zero-order valence-electron chi connectivity index (χ0n) is 6.96. The molecule has 0 aliphatic rings. The Morgan fingerprint density at radius 2 is 2.00 bits per heavy atom. The van der Waals surface area contributed by atoms with Crippen molar-refractivity contribution in [2.45, 2.75) is 11.4 Å². The fourth-order valence-corrected chi connectivity index (χ4v) is 1.40. The van der Waals surface area contributed by atoms with Gasteiger partial charge in [0.1, 0.15) is 0 Å². The molecule has 0 aliphatic heterocycles. The number of hydrogen-bond donors (Lipinski definition) is 1. The van der Waals surface area contributed by atoms with Gasteiger partial charge in [0, 0.05) is 4.90 Å². The van der Waals surface area contributed by atoms with Crippen molar-refractivity contribution in [2.75, 3.05) is 0 Å². The van der Waals surface area contributed by atoms with Gasteiger partial charge in [-0.25, -0.2) is 0 Å². The molecule has 0 atom stereocenters. The third kappa shape index (κ3) is 2.09. The molecule has 0 saturated carbocycles. The van der Waals surface area contributed by atoms with Crippen molar-refractivity contribution in [1.82, 2.24) is 15.0 Å². The Labute approximate surface area is 81.8 Å². The molecule has 0 radical (unpaired) electrons. The first-order valence-electron chi connectivity index (χ1n) is 3.96. The second kappa shape index (κ2) is 3.62. The van der Waals surface area contributed by atoms with Gasteiger partial charge < -0.3 is 0 Å². The fraction of sp³-hybridized carbons (Fsp3) is 0.111. The monoisotopic (exact) mass is 191 g/mol. The molecule has 0 spiro atoms. The second-order valence-corrected chi connectivity index (χ2v) is 3.25. The zero-order valence-corrected chi connectivity index (χ0v) is 7.85. The standard InChI is InChI=1S/C9H9N3S/c13-9-3-1-2-8(6-9)7-12-10-4-5-11-12/h1-6,13H,7H2. The number of nitrogens with zero attached hydrogens (tertiary/aromatic N) is 3. The molecule has 0 unspecified atom stereocenters. The molecule has 0 bridgehead atoms. The van der Waals surface area contributed by atoms with Gasteiger partial charge in [-0.15, -0.1) is 12.6 Å². The fourth-order valence-electron chi connectivity index (χ4n) is 1.14. The SMILES string of the molecule is Sc1cccc(Cn2nccn2)c1. The van der Waals surface area contributed by atoms with Crippen LogP contribution in [0.15, 0.2) is 41.6 Å². The minimum atomic E-state index is 0.696. The number of rotatable bonds is 2. The summed E-state index contributed by atoms with van der Waals surface area (Å²) < 4.78 is 0. The largest absolute Gasteiger partial charge is 0.180 e. The highest BCUT2D eigenvalue weighted by atomic mass is 32.1. The maximum Gasteiger partial charge on any atom is 0.0857 e. The van der Waals surface area contributed by atoms with E-state index in [4.69, 9.17) is 0 Å². The Morgan fingerprint density at radius 3 is 2.69 bits per heavy atom. The van der Waals surface area contributed by atoms with Crippen molar-refractivity contribution in [3.63, 3.8) is 0 Å². The minimum Gasteiger partial charge on any atom is -0.180 e. The van der Waals surface area contributed by atoms with Crippen LogP contribution < -0.4 is 0 Å². The van der Waals surface area contributed by atoms with E-state index in [0.717, 1.165) is 10.5 Å². The summed E-state index contributed by atoms with van der Waals surface area (Å²) in [7, 11) is 0. The van der Waals surface area contributed by atoms with Gasteiger partial charge in [0.15, 0.2) is 0 Å². The molecule has 1 heterocycles. The van der Waals surface area contributed by atoms with Gasteiger partial charge in [-0.05, 0) is 17.7 Å². The first-order chi connectivity index (χ1) is 6.34. The molecule has 0 saturated heterocycles. The lowest BCUT2D eigenvalue weighted by Crippen LogP contribution is -2.02. The van der Waals surface area contributed by atoms with Crippen molar-refractivity contribution in [3.05, 3.63) is 42.2 Å². The maximum atomic E-state index is 4.26. The Hall–Kier alpha value is -1.29. The lowest BCUT2D eigenvalue weighted by atomic mass is 10.2. The Morgan fingerprint density at radius 1 is 1.23 bits per heavy atom. The van der Waals surface area contributed by atoms with Gasteiger partial charge in [-0.1, -0.05) is 12.1 Å². The lowest BCUT2D eigenvalue weighted by molar-refractivity contribution is 0.590. The van der Waals surface area contributed by atoms with Crippen LogP contribution in [0, 0.1) is 0 Å². The molecule has 1 aromatic heterocycles. The molecule has 4 heteroatoms. The van der Waals surface area contributed by atoms with Crippen LogP contribution in [0.1, 0.15) is 5.56 Å². The van der Waals surface area contributed by atoms with Crippen LogP contribution in [0.2, 0.25) is 0 Å². The highest BCUT2D eigenvalue weighted by Gasteiger charge is 1.95. The average Bonchev–Trinajstić information content (AvgIpc) is 2.57. The van der Waals surface area contributed by atoms with Gasteiger partial charge in [0.2, 0.25) is 0 Å². The Kier molecular flexibility index (Phi) is 2.31. The Balaban J connectivity index is 2.19. The van der Waals surface area contributed by atoms with Crippen LogP contribution in [-0.4, -0.2) is 15.0 Å². The van der Waals surface area contributed by atoms with E-state index >= 15 is 0 Å². The molecular weight excluding hydrogens is 182 g/mol. The van der Waals surface area contributed by atoms with E-state index in [1.807, 2.05) is 24.3 Å². The topological polar surface area (TPSA) is 30.7 Å². The highest BCUT2D eigenvalue weighted by Crippen LogP contribution is 2.09. The van der Waals surface area contributed by atoms with Gasteiger partial charge in [0.25, 0.3) is 0 Å². The van der Waals surface area contributed by atoms with Crippen molar-refractivity contribution in [3.8, 4) is 0 Å². The normalized spacial score (nSPS) is 10.2. The number of aromatic nitrogens is 3. The van der Waals surface area contributed by atoms with Crippen LogP contribution in [0.4, 0.5) is 0 Å². The zero-order chi connectivity index (χ0) is 9.10. The van der Waals surface area contributed by atoms with Crippen LogP contribution in [0.5, 0.6) is 0 Å². The van der Waals surface area contributed by atoms with E-state index in [1.54, 1.807) is 17.2 Å². The van der Waals surface area contributed by atoms with E-state index < -0.39 is 0 Å². The smallest absolute Gasteiger partial charge is 0.0857 e. The molecule has 2 rings (SSSR count). The van der Waals surface area contributed by atoms with Crippen molar-refractivity contribution >= 4 is 12.6 Å². The van der Waals surface area contributed by atoms with Gasteiger partial charge in [-0.2, -0.15) is 15.0 Å². The summed E-state index contributed by atoms with van der Waals surface area (Å²) in [4.78, 5) is 2.60. The molecule has 0 aliphatic carbocycles. The van der Waals surface area contributed by atoms with E-state index in [0.29, 0.717) is 6.54 Å². The average molecular weight is 191 g/mol. The van der Waals surface area contributed by atoms with E-state index in [-0.39, 0.29) is 0 Å². The van der Waals surface area contributed by atoms with Crippen molar-refractivity contribution < 1.29 is 0 Å². The van der Waals surface area contributed by atoms with Crippen LogP contribution >= 0.6 is 12.6 Å². The third-order valence-corrected chi connectivity index (χ3v) is 1.98. The van der Waals surface area contributed by atoms with Gasteiger partial charge in [0.05, 0.1) is 18.9 Å². The molecule has 0 amide bonds. The number of thiol groups is 1. The number of benzene rings is 1. The molecular formula is C9H9N3S. The summed E-state index contributed by atoms with van der Waals surface area (Å²) in [6.07, 6.45) is 3.34. The first kappa shape index (κ1) is 8.31. The molecule has 0 N–H and O–H groups in total. The van der Waals surface area contributed by atoms with Crippen LogP contribution in [0.25, 0.3) is 0 Å². The van der Waals surface area contributed by atoms with Gasteiger partial charge >= 0.3 is 0 Å². The highest BCUT2D eigenvalue weighted by molar-refractivity contribution is 7.80.